The van der Waals surface area contributed by atoms with Crippen molar-refractivity contribution < 1.29 is 0 Å². The Morgan fingerprint density at radius 1 is 0.905 bits per heavy atom. The van der Waals surface area contributed by atoms with Crippen molar-refractivity contribution in [1.82, 2.24) is 0 Å². The molecule has 0 heterocycles. The highest BCUT2D eigenvalue weighted by atomic mass is 32.2. The minimum Gasteiger partial charge on any atom is -0.192 e. The van der Waals surface area contributed by atoms with Crippen LogP contribution in [0.5, 0.6) is 0 Å². The van der Waals surface area contributed by atoms with Crippen LogP contribution in [0.2, 0.25) is 0 Å². The first-order valence-corrected chi connectivity index (χ1v) is 7.49. The van der Waals surface area contributed by atoms with E-state index in [2.05, 4.69) is 57.2 Å². The van der Waals surface area contributed by atoms with Gasteiger partial charge < -0.3 is 0 Å². The zero-order valence-electron chi connectivity index (χ0n) is 12.3. The van der Waals surface area contributed by atoms with Gasteiger partial charge in [-0.2, -0.15) is 10.5 Å². The average molecular weight is 292 g/mol. The van der Waals surface area contributed by atoms with Crippen molar-refractivity contribution in [2.24, 2.45) is 0 Å². The molecule has 0 radical (unpaired) electrons. The highest BCUT2D eigenvalue weighted by Gasteiger charge is 2.14. The van der Waals surface area contributed by atoms with E-state index in [1.54, 1.807) is 6.07 Å². The molecule has 0 unspecified atom stereocenters. The van der Waals surface area contributed by atoms with Gasteiger partial charge in [0.15, 0.2) is 0 Å². The molecule has 0 aliphatic carbocycles. The molecule has 0 N–H and O–H groups in total. The third-order valence-electron chi connectivity index (χ3n) is 3.21. The number of rotatable bonds is 2. The fraction of sp³-hybridized carbons (Fsp3) is 0.222. The molecule has 0 aliphatic rings. The zero-order valence-corrected chi connectivity index (χ0v) is 13.2. The molecule has 0 aliphatic heterocycles. The SMILES string of the molecule is CC(C)(C)c1ccc(Sc2cccc(C#N)c2C#N)cc1. The molecule has 0 saturated heterocycles. The maximum atomic E-state index is 9.24. The Bertz CT molecular complexity index is 726. The monoisotopic (exact) mass is 292 g/mol. The van der Waals surface area contributed by atoms with E-state index in [-0.39, 0.29) is 5.41 Å². The molecule has 0 saturated carbocycles. The lowest BCUT2D eigenvalue weighted by Crippen LogP contribution is -2.10. The fourth-order valence-corrected chi connectivity index (χ4v) is 2.90. The van der Waals surface area contributed by atoms with Gasteiger partial charge in [0.05, 0.1) is 11.1 Å². The van der Waals surface area contributed by atoms with Crippen molar-refractivity contribution in [2.75, 3.05) is 0 Å². The largest absolute Gasteiger partial charge is 0.192 e. The molecule has 104 valence electrons. The molecule has 2 aromatic rings. The van der Waals surface area contributed by atoms with Crippen LogP contribution in [0.1, 0.15) is 37.5 Å². The smallest absolute Gasteiger partial charge is 0.102 e. The van der Waals surface area contributed by atoms with Crippen LogP contribution in [0.3, 0.4) is 0 Å². The summed E-state index contributed by atoms with van der Waals surface area (Å²) in [6.45, 7) is 6.54. The molecule has 2 aromatic carbocycles. The summed E-state index contributed by atoms with van der Waals surface area (Å²) in [6.07, 6.45) is 0. The second-order valence-electron chi connectivity index (χ2n) is 5.78. The number of nitriles is 2. The predicted molar refractivity (Wildman–Crippen MR) is 85.1 cm³/mol. The van der Waals surface area contributed by atoms with E-state index in [1.165, 1.54) is 17.3 Å². The van der Waals surface area contributed by atoms with Crippen molar-refractivity contribution in [2.45, 2.75) is 36.0 Å². The van der Waals surface area contributed by atoms with Crippen molar-refractivity contribution in [3.8, 4) is 12.1 Å². The molecule has 0 atom stereocenters. The Hall–Kier alpha value is -2.23. The molecule has 0 spiro atoms. The van der Waals surface area contributed by atoms with Crippen LogP contribution in [-0.4, -0.2) is 0 Å². The average Bonchev–Trinajstić information content (AvgIpc) is 2.46. The van der Waals surface area contributed by atoms with Gasteiger partial charge in [-0.25, -0.2) is 0 Å². The fourth-order valence-electron chi connectivity index (χ4n) is 1.97. The lowest BCUT2D eigenvalue weighted by molar-refractivity contribution is 0.590. The Kier molecular flexibility index (Phi) is 4.36. The molecule has 0 fully saturated rings. The number of nitrogens with zero attached hydrogens (tertiary/aromatic N) is 2. The summed E-state index contributed by atoms with van der Waals surface area (Å²) in [5.74, 6) is 0. The molecule has 2 rings (SSSR count). The summed E-state index contributed by atoms with van der Waals surface area (Å²) in [7, 11) is 0. The molecule has 0 bridgehead atoms. The maximum Gasteiger partial charge on any atom is 0.102 e. The van der Waals surface area contributed by atoms with E-state index in [0.717, 1.165) is 9.79 Å². The Labute approximate surface area is 130 Å². The van der Waals surface area contributed by atoms with Gasteiger partial charge in [-0.3, -0.25) is 0 Å². The summed E-state index contributed by atoms with van der Waals surface area (Å²) < 4.78 is 0. The standard InChI is InChI=1S/C18H16N2S/c1-18(2,3)14-7-9-15(10-8-14)21-17-6-4-5-13(11-19)16(17)12-20/h4-10H,1-3H3. The van der Waals surface area contributed by atoms with Gasteiger partial charge in [-0.15, -0.1) is 0 Å². The molecular weight excluding hydrogens is 276 g/mol. The van der Waals surface area contributed by atoms with Gasteiger partial charge in [0.1, 0.15) is 12.1 Å². The number of benzene rings is 2. The van der Waals surface area contributed by atoms with Gasteiger partial charge in [-0.05, 0) is 35.2 Å². The Morgan fingerprint density at radius 3 is 2.10 bits per heavy atom. The first-order valence-electron chi connectivity index (χ1n) is 6.67. The highest BCUT2D eigenvalue weighted by molar-refractivity contribution is 7.99. The number of hydrogen-bond donors (Lipinski definition) is 0. The van der Waals surface area contributed by atoms with Crippen LogP contribution >= 0.6 is 11.8 Å². The van der Waals surface area contributed by atoms with Crippen LogP contribution in [0, 0.1) is 22.7 Å². The van der Waals surface area contributed by atoms with Gasteiger partial charge in [-0.1, -0.05) is 50.7 Å². The van der Waals surface area contributed by atoms with Gasteiger partial charge in [0.2, 0.25) is 0 Å². The van der Waals surface area contributed by atoms with E-state index in [4.69, 9.17) is 5.26 Å². The maximum absolute atomic E-state index is 9.24. The van der Waals surface area contributed by atoms with Crippen molar-refractivity contribution in [1.29, 1.82) is 10.5 Å². The van der Waals surface area contributed by atoms with Crippen LogP contribution in [-0.2, 0) is 5.41 Å². The molecule has 0 amide bonds. The lowest BCUT2D eigenvalue weighted by Gasteiger charge is -2.19. The van der Waals surface area contributed by atoms with E-state index < -0.39 is 0 Å². The van der Waals surface area contributed by atoms with Crippen LogP contribution in [0.4, 0.5) is 0 Å². The van der Waals surface area contributed by atoms with Crippen molar-refractivity contribution >= 4 is 11.8 Å². The summed E-state index contributed by atoms with van der Waals surface area (Å²) in [4.78, 5) is 1.88. The van der Waals surface area contributed by atoms with Crippen LogP contribution in [0.15, 0.2) is 52.3 Å². The summed E-state index contributed by atoms with van der Waals surface area (Å²) in [6, 6.07) is 17.9. The topological polar surface area (TPSA) is 47.6 Å². The summed E-state index contributed by atoms with van der Waals surface area (Å²) in [5.41, 5.74) is 2.28. The highest BCUT2D eigenvalue weighted by Crippen LogP contribution is 2.33. The van der Waals surface area contributed by atoms with E-state index in [0.29, 0.717) is 11.1 Å². The molecule has 3 heteroatoms. The van der Waals surface area contributed by atoms with Crippen molar-refractivity contribution in [3.63, 3.8) is 0 Å². The summed E-state index contributed by atoms with van der Waals surface area (Å²) in [5, 5.41) is 18.3. The third kappa shape index (κ3) is 3.45. The van der Waals surface area contributed by atoms with Crippen LogP contribution < -0.4 is 0 Å². The van der Waals surface area contributed by atoms with Gasteiger partial charge in [0, 0.05) is 9.79 Å². The molecular formula is C18H16N2S. The Morgan fingerprint density at radius 2 is 1.57 bits per heavy atom. The quantitative estimate of drug-likeness (QED) is 0.792. The molecule has 21 heavy (non-hydrogen) atoms. The molecule has 0 aromatic heterocycles. The lowest BCUT2D eigenvalue weighted by atomic mass is 9.87. The predicted octanol–water partition coefficient (Wildman–Crippen LogP) is 4.88. The van der Waals surface area contributed by atoms with Gasteiger partial charge >= 0.3 is 0 Å². The second-order valence-corrected chi connectivity index (χ2v) is 6.89. The van der Waals surface area contributed by atoms with E-state index in [1.807, 2.05) is 12.1 Å². The van der Waals surface area contributed by atoms with Crippen molar-refractivity contribution in [3.05, 3.63) is 59.2 Å². The molecule has 2 nitrogen and oxygen atoms in total. The van der Waals surface area contributed by atoms with Crippen LogP contribution in [0.25, 0.3) is 0 Å². The summed E-state index contributed by atoms with van der Waals surface area (Å²) >= 11 is 1.51. The number of hydrogen-bond acceptors (Lipinski definition) is 3. The Balaban J connectivity index is 2.32. The van der Waals surface area contributed by atoms with E-state index in [9.17, 15) is 5.26 Å². The van der Waals surface area contributed by atoms with Gasteiger partial charge in [0.25, 0.3) is 0 Å². The third-order valence-corrected chi connectivity index (χ3v) is 4.27. The van der Waals surface area contributed by atoms with E-state index >= 15 is 0 Å². The first kappa shape index (κ1) is 15.2. The first-order chi connectivity index (χ1) is 9.95. The zero-order chi connectivity index (χ0) is 15.5. The minimum absolute atomic E-state index is 0.127. The minimum atomic E-state index is 0.127. The second kappa shape index (κ2) is 6.04. The normalized spacial score (nSPS) is 10.7.